The molecule has 4 N–H and O–H groups in total. The van der Waals surface area contributed by atoms with Gasteiger partial charge in [-0.3, -0.25) is 9.59 Å². The molecule has 0 aliphatic rings. The van der Waals surface area contributed by atoms with Crippen LogP contribution in [0.2, 0.25) is 0 Å². The Morgan fingerprint density at radius 2 is 1.55 bits per heavy atom. The fourth-order valence-electron chi connectivity index (χ4n) is 2.49. The van der Waals surface area contributed by atoms with Crippen LogP contribution in [0.4, 0.5) is 0 Å². The summed E-state index contributed by atoms with van der Waals surface area (Å²) in [5, 5.41) is 37.5. The summed E-state index contributed by atoms with van der Waals surface area (Å²) in [6, 6.07) is 0. The molecule has 3 atom stereocenters. The third-order valence-corrected chi connectivity index (χ3v) is 3.84. The van der Waals surface area contributed by atoms with Crippen molar-refractivity contribution in [2.45, 2.75) is 83.3 Å². The minimum atomic E-state index is -1.06. The van der Waals surface area contributed by atoms with Crippen LogP contribution in [0.25, 0.3) is 0 Å². The second-order valence-corrected chi connectivity index (χ2v) is 5.89. The molecular weight excluding hydrogens is 288 g/mol. The molecule has 0 aliphatic heterocycles. The van der Waals surface area contributed by atoms with Gasteiger partial charge < -0.3 is 20.4 Å². The minimum absolute atomic E-state index is 0.0256. The maximum absolute atomic E-state index is 11.2. The summed E-state index contributed by atoms with van der Waals surface area (Å²) in [6.07, 6.45) is 3.88. The first-order valence-electron chi connectivity index (χ1n) is 8.19. The highest BCUT2D eigenvalue weighted by molar-refractivity contribution is 5.70. The van der Waals surface area contributed by atoms with E-state index in [1.807, 2.05) is 0 Å². The summed E-state index contributed by atoms with van der Waals surface area (Å²) in [5.41, 5.74) is 0. The number of aliphatic carboxylic acids is 2. The Hall–Kier alpha value is -1.14. The van der Waals surface area contributed by atoms with E-state index in [0.29, 0.717) is 25.7 Å². The van der Waals surface area contributed by atoms with Crippen molar-refractivity contribution in [1.29, 1.82) is 0 Å². The third-order valence-electron chi connectivity index (χ3n) is 3.84. The summed E-state index contributed by atoms with van der Waals surface area (Å²) >= 11 is 0. The highest BCUT2D eigenvalue weighted by atomic mass is 16.4. The lowest BCUT2D eigenvalue weighted by Crippen LogP contribution is -2.31. The van der Waals surface area contributed by atoms with Crippen LogP contribution in [0, 0.1) is 5.92 Å². The summed E-state index contributed by atoms with van der Waals surface area (Å²) in [6.45, 7) is 2.07. The SMILES string of the molecule is CCCCCC[C@H](C(=O)O)[C@H](O)C[C@@H](O)CCCCC(=O)O. The van der Waals surface area contributed by atoms with E-state index in [2.05, 4.69) is 6.92 Å². The van der Waals surface area contributed by atoms with Gasteiger partial charge in [0.15, 0.2) is 0 Å². The van der Waals surface area contributed by atoms with E-state index in [0.717, 1.165) is 25.7 Å². The molecule has 0 unspecified atom stereocenters. The number of carboxylic acid groups (broad SMARTS) is 2. The average Bonchev–Trinajstić information content (AvgIpc) is 2.42. The number of hydrogen-bond donors (Lipinski definition) is 4. The van der Waals surface area contributed by atoms with Gasteiger partial charge in [0.1, 0.15) is 0 Å². The zero-order valence-electron chi connectivity index (χ0n) is 13.4. The first-order chi connectivity index (χ1) is 10.4. The Kier molecular flexibility index (Phi) is 11.8. The number of aliphatic hydroxyl groups excluding tert-OH is 2. The Morgan fingerprint density at radius 1 is 0.909 bits per heavy atom. The van der Waals surface area contributed by atoms with Crippen molar-refractivity contribution in [3.8, 4) is 0 Å². The van der Waals surface area contributed by atoms with Crippen LogP contribution in [0.15, 0.2) is 0 Å². The Morgan fingerprint density at radius 3 is 2.09 bits per heavy atom. The van der Waals surface area contributed by atoms with Crippen molar-refractivity contribution in [3.63, 3.8) is 0 Å². The molecule has 130 valence electrons. The largest absolute Gasteiger partial charge is 0.481 e. The van der Waals surface area contributed by atoms with Gasteiger partial charge >= 0.3 is 11.9 Å². The number of unbranched alkanes of at least 4 members (excludes halogenated alkanes) is 4. The molecule has 0 amide bonds. The minimum Gasteiger partial charge on any atom is -0.481 e. The van der Waals surface area contributed by atoms with E-state index in [4.69, 9.17) is 5.11 Å². The average molecular weight is 318 g/mol. The van der Waals surface area contributed by atoms with Crippen molar-refractivity contribution < 1.29 is 30.0 Å². The number of hydrogen-bond acceptors (Lipinski definition) is 4. The first kappa shape index (κ1) is 20.9. The summed E-state index contributed by atoms with van der Waals surface area (Å²) in [7, 11) is 0. The molecule has 22 heavy (non-hydrogen) atoms. The van der Waals surface area contributed by atoms with Crippen LogP contribution in [-0.2, 0) is 9.59 Å². The van der Waals surface area contributed by atoms with Crippen LogP contribution in [0.3, 0.4) is 0 Å². The van der Waals surface area contributed by atoms with Crippen LogP contribution >= 0.6 is 0 Å². The maximum atomic E-state index is 11.2. The molecule has 0 aromatic rings. The fourth-order valence-corrected chi connectivity index (χ4v) is 2.49. The molecular formula is C16H30O6. The van der Waals surface area contributed by atoms with E-state index >= 15 is 0 Å². The van der Waals surface area contributed by atoms with Gasteiger partial charge in [-0.05, 0) is 19.3 Å². The van der Waals surface area contributed by atoms with E-state index in [-0.39, 0.29) is 12.8 Å². The van der Waals surface area contributed by atoms with Crippen molar-refractivity contribution in [3.05, 3.63) is 0 Å². The van der Waals surface area contributed by atoms with Gasteiger partial charge in [-0.1, -0.05) is 39.0 Å². The predicted octanol–water partition coefficient (Wildman–Crippen LogP) is 2.41. The lowest BCUT2D eigenvalue weighted by atomic mass is 9.91. The van der Waals surface area contributed by atoms with Crippen molar-refractivity contribution in [2.24, 2.45) is 5.92 Å². The van der Waals surface area contributed by atoms with Gasteiger partial charge in [0.25, 0.3) is 0 Å². The van der Waals surface area contributed by atoms with Crippen molar-refractivity contribution in [1.82, 2.24) is 0 Å². The lowest BCUT2D eigenvalue weighted by molar-refractivity contribution is -0.147. The quantitative estimate of drug-likeness (QED) is 0.366. The Balaban J connectivity index is 4.06. The number of aliphatic hydroxyl groups is 2. The highest BCUT2D eigenvalue weighted by Gasteiger charge is 2.27. The molecule has 0 bridgehead atoms. The molecule has 0 fully saturated rings. The Bertz CT molecular complexity index is 318. The molecule has 0 saturated carbocycles. The van der Waals surface area contributed by atoms with Crippen LogP contribution < -0.4 is 0 Å². The normalized spacial score (nSPS) is 15.2. The maximum Gasteiger partial charge on any atom is 0.309 e. The monoisotopic (exact) mass is 318 g/mol. The first-order valence-corrected chi connectivity index (χ1v) is 8.19. The van der Waals surface area contributed by atoms with Crippen LogP contribution in [0.5, 0.6) is 0 Å². The molecule has 0 heterocycles. The molecule has 0 saturated heterocycles. The second-order valence-electron chi connectivity index (χ2n) is 5.89. The van der Waals surface area contributed by atoms with Crippen molar-refractivity contribution >= 4 is 11.9 Å². The summed E-state index contributed by atoms with van der Waals surface area (Å²) in [4.78, 5) is 21.6. The van der Waals surface area contributed by atoms with E-state index in [1.54, 1.807) is 0 Å². The molecule has 6 nitrogen and oxygen atoms in total. The van der Waals surface area contributed by atoms with Crippen LogP contribution in [-0.4, -0.2) is 44.6 Å². The molecule has 0 rings (SSSR count). The Labute approximate surface area is 132 Å². The summed E-state index contributed by atoms with van der Waals surface area (Å²) < 4.78 is 0. The predicted molar refractivity (Wildman–Crippen MR) is 82.6 cm³/mol. The van der Waals surface area contributed by atoms with Crippen molar-refractivity contribution in [2.75, 3.05) is 0 Å². The third kappa shape index (κ3) is 10.6. The van der Waals surface area contributed by atoms with E-state index < -0.39 is 30.1 Å². The number of carboxylic acids is 2. The van der Waals surface area contributed by atoms with Gasteiger partial charge in [-0.25, -0.2) is 0 Å². The molecule has 0 aromatic heterocycles. The van der Waals surface area contributed by atoms with Gasteiger partial charge in [-0.15, -0.1) is 0 Å². The smallest absolute Gasteiger partial charge is 0.309 e. The molecule has 0 radical (unpaired) electrons. The lowest BCUT2D eigenvalue weighted by Gasteiger charge is -2.21. The molecule has 0 spiro atoms. The van der Waals surface area contributed by atoms with E-state index in [9.17, 15) is 24.9 Å². The molecule has 0 aromatic carbocycles. The van der Waals surface area contributed by atoms with Gasteiger partial charge in [0.05, 0.1) is 18.1 Å². The van der Waals surface area contributed by atoms with E-state index in [1.165, 1.54) is 0 Å². The number of rotatable bonds is 14. The number of carbonyl (C=O) groups is 2. The van der Waals surface area contributed by atoms with Crippen LogP contribution in [0.1, 0.15) is 71.1 Å². The zero-order valence-corrected chi connectivity index (χ0v) is 13.4. The standard InChI is InChI=1S/C16H30O6/c1-2-3-4-5-9-13(16(21)22)14(18)11-12(17)8-6-7-10-15(19)20/h12-14,17-18H,2-11H2,1H3,(H,19,20)(H,21,22)/t12-,13-,14+/m0/s1. The second kappa shape index (κ2) is 12.4. The highest BCUT2D eigenvalue weighted by Crippen LogP contribution is 2.20. The van der Waals surface area contributed by atoms with Gasteiger partial charge in [-0.2, -0.15) is 0 Å². The summed E-state index contributed by atoms with van der Waals surface area (Å²) in [5.74, 6) is -2.74. The zero-order chi connectivity index (χ0) is 17.0. The molecule has 0 aliphatic carbocycles. The molecule has 6 heteroatoms. The fraction of sp³-hybridized carbons (Fsp3) is 0.875. The van der Waals surface area contributed by atoms with Gasteiger partial charge in [0.2, 0.25) is 0 Å². The topological polar surface area (TPSA) is 115 Å². The van der Waals surface area contributed by atoms with Gasteiger partial charge in [0, 0.05) is 12.8 Å².